The lowest BCUT2D eigenvalue weighted by molar-refractivity contribution is -0.00617. The van der Waals surface area contributed by atoms with Crippen LogP contribution in [-0.4, -0.2) is 18.0 Å². The number of hydrogen-bond donors (Lipinski definition) is 1. The summed E-state index contributed by atoms with van der Waals surface area (Å²) in [5.41, 5.74) is 2.72. The molecule has 0 spiro atoms. The second kappa shape index (κ2) is 7.02. The number of carbonyl (C=O) groups excluding carboxylic acids is 2. The predicted octanol–water partition coefficient (Wildman–Crippen LogP) is 5.46. The van der Waals surface area contributed by atoms with Gasteiger partial charge in [-0.3, -0.25) is 9.59 Å². The summed E-state index contributed by atoms with van der Waals surface area (Å²) in [6, 6.07) is 12.7. The number of ketones is 1. The molecule has 6 rings (SSSR count). The topological polar surface area (TPSA) is 43.4 Å². The molecule has 0 heterocycles. The molecular weight excluding hydrogens is 380 g/mol. The van der Waals surface area contributed by atoms with E-state index >= 15 is 0 Å². The summed E-state index contributed by atoms with van der Waals surface area (Å²) < 4.78 is 5.76. The van der Waals surface area contributed by atoms with Crippen LogP contribution in [0.3, 0.4) is 0 Å². The van der Waals surface area contributed by atoms with Gasteiger partial charge < -0.3 is 4.74 Å². The van der Waals surface area contributed by atoms with Gasteiger partial charge in [-0.25, -0.2) is 0 Å². The first-order valence-corrected chi connectivity index (χ1v) is 11.0. The molecule has 0 aromatic heterocycles. The molecule has 150 valence electrons. The molecule has 0 unspecified atom stereocenters. The molecule has 0 saturated heterocycles. The maximum Gasteiger partial charge on any atom is 0.217 e. The quantitative estimate of drug-likeness (QED) is 0.529. The monoisotopic (exact) mass is 406 g/mol. The van der Waals surface area contributed by atoms with Gasteiger partial charge in [0.15, 0.2) is 5.78 Å². The van der Waals surface area contributed by atoms with Gasteiger partial charge in [0, 0.05) is 22.3 Å². The standard InChI is InChI=1S/C25H26O3S/c1-28-22-7-6-18(23(26)19-4-2-3-5-20(19)24(27)29)11-21(22)25-12-15-8-16(13-25)10-17(9-15)14-25/h2-7,11,15-17H,8-10,12-14H2,1H3,(H,27,29). The first-order chi connectivity index (χ1) is 14.0. The van der Waals surface area contributed by atoms with E-state index in [0.29, 0.717) is 16.7 Å². The molecule has 4 heteroatoms. The minimum Gasteiger partial charge on any atom is -0.496 e. The van der Waals surface area contributed by atoms with Crippen molar-refractivity contribution in [3.63, 3.8) is 0 Å². The fraction of sp³-hybridized carbons (Fsp3) is 0.440. The van der Waals surface area contributed by atoms with Crippen molar-refractivity contribution in [2.24, 2.45) is 17.8 Å². The molecule has 2 aromatic rings. The Morgan fingerprint density at radius 3 is 2.07 bits per heavy atom. The molecule has 0 radical (unpaired) electrons. The highest BCUT2D eigenvalue weighted by Gasteiger charge is 2.52. The van der Waals surface area contributed by atoms with Crippen LogP contribution < -0.4 is 4.74 Å². The lowest BCUT2D eigenvalue weighted by Crippen LogP contribution is -2.48. The zero-order valence-corrected chi connectivity index (χ0v) is 17.6. The Morgan fingerprint density at radius 2 is 1.52 bits per heavy atom. The number of carbonyl (C=O) groups is 2. The van der Waals surface area contributed by atoms with Crippen molar-refractivity contribution < 1.29 is 14.3 Å². The van der Waals surface area contributed by atoms with E-state index in [2.05, 4.69) is 12.6 Å². The average Bonchev–Trinajstić information content (AvgIpc) is 2.71. The summed E-state index contributed by atoms with van der Waals surface area (Å²) in [6.45, 7) is 0. The first kappa shape index (κ1) is 18.9. The highest BCUT2D eigenvalue weighted by molar-refractivity contribution is 7.97. The summed E-state index contributed by atoms with van der Waals surface area (Å²) >= 11 is 3.95. The van der Waals surface area contributed by atoms with Gasteiger partial charge >= 0.3 is 0 Å². The molecule has 0 atom stereocenters. The number of benzene rings is 2. The maximum atomic E-state index is 13.3. The number of rotatable bonds is 5. The minimum absolute atomic E-state index is 0.128. The van der Waals surface area contributed by atoms with Gasteiger partial charge in [-0.15, -0.1) is 12.6 Å². The minimum atomic E-state index is -0.385. The van der Waals surface area contributed by atoms with Crippen LogP contribution in [0.4, 0.5) is 0 Å². The Bertz CT molecular complexity index is 958. The lowest BCUT2D eigenvalue weighted by Gasteiger charge is -2.57. The average molecular weight is 407 g/mol. The first-order valence-electron chi connectivity index (χ1n) is 10.5. The van der Waals surface area contributed by atoms with Gasteiger partial charge in [0.1, 0.15) is 5.75 Å². The van der Waals surface area contributed by atoms with Crippen LogP contribution >= 0.6 is 12.6 Å². The van der Waals surface area contributed by atoms with E-state index in [1.165, 1.54) is 44.1 Å². The fourth-order valence-electron chi connectivity index (χ4n) is 6.73. The summed E-state index contributed by atoms with van der Waals surface area (Å²) in [5.74, 6) is 3.20. The van der Waals surface area contributed by atoms with Crippen molar-refractivity contribution in [3.05, 3.63) is 64.7 Å². The number of hydrogen-bond acceptors (Lipinski definition) is 3. The van der Waals surface area contributed by atoms with E-state index in [9.17, 15) is 9.59 Å². The van der Waals surface area contributed by atoms with Crippen LogP contribution in [0, 0.1) is 17.8 Å². The van der Waals surface area contributed by atoms with Crippen molar-refractivity contribution in [2.45, 2.75) is 43.9 Å². The van der Waals surface area contributed by atoms with Crippen molar-refractivity contribution in [1.82, 2.24) is 0 Å². The maximum absolute atomic E-state index is 13.3. The Hall–Kier alpha value is -2.07. The van der Waals surface area contributed by atoms with E-state index in [4.69, 9.17) is 4.74 Å². The molecule has 0 aliphatic heterocycles. The smallest absolute Gasteiger partial charge is 0.217 e. The van der Waals surface area contributed by atoms with Crippen molar-refractivity contribution >= 4 is 23.5 Å². The lowest BCUT2D eigenvalue weighted by atomic mass is 9.48. The molecule has 29 heavy (non-hydrogen) atoms. The summed E-state index contributed by atoms with van der Waals surface area (Å²) in [6.07, 6.45) is 7.74. The van der Waals surface area contributed by atoms with E-state index in [1.54, 1.807) is 31.4 Å². The molecular formula is C25H26O3S. The molecule has 3 nitrogen and oxygen atoms in total. The third-order valence-corrected chi connectivity index (χ3v) is 7.71. The molecule has 4 aliphatic rings. The second-order valence-corrected chi connectivity index (χ2v) is 9.70. The van der Waals surface area contributed by atoms with Crippen molar-refractivity contribution in [2.75, 3.05) is 7.11 Å². The van der Waals surface area contributed by atoms with E-state index in [-0.39, 0.29) is 16.3 Å². The third kappa shape index (κ3) is 3.13. The molecule has 4 aliphatic carbocycles. The normalized spacial score (nSPS) is 29.7. The zero-order chi connectivity index (χ0) is 20.2. The molecule has 0 N–H and O–H groups in total. The molecule has 4 bridgehead atoms. The number of thiol groups is 1. The summed E-state index contributed by atoms with van der Waals surface area (Å²) in [4.78, 5) is 25.2. The molecule has 4 saturated carbocycles. The van der Waals surface area contributed by atoms with E-state index in [1.807, 2.05) is 18.2 Å². The summed E-state index contributed by atoms with van der Waals surface area (Å²) in [7, 11) is 1.72. The molecule has 0 amide bonds. The van der Waals surface area contributed by atoms with Crippen LogP contribution in [0.2, 0.25) is 0 Å². The summed E-state index contributed by atoms with van der Waals surface area (Å²) in [5, 5.41) is -0.385. The van der Waals surface area contributed by atoms with E-state index in [0.717, 1.165) is 23.5 Å². The van der Waals surface area contributed by atoms with Crippen LogP contribution in [-0.2, 0) is 5.41 Å². The third-order valence-electron chi connectivity index (χ3n) is 7.47. The van der Waals surface area contributed by atoms with Crippen molar-refractivity contribution in [3.8, 4) is 5.75 Å². The SMILES string of the molecule is COc1ccc(C(=O)c2ccccc2C(=O)S)cc1C12CC3CC(CC(C3)C1)C2. The Kier molecular flexibility index (Phi) is 4.58. The van der Waals surface area contributed by atoms with Crippen LogP contribution in [0.15, 0.2) is 42.5 Å². The Balaban J connectivity index is 1.58. The Morgan fingerprint density at radius 1 is 0.931 bits per heavy atom. The molecule has 2 aromatic carbocycles. The number of ether oxygens (including phenoxy) is 1. The highest BCUT2D eigenvalue weighted by atomic mass is 32.1. The van der Waals surface area contributed by atoms with Gasteiger partial charge in [0.25, 0.3) is 0 Å². The second-order valence-electron chi connectivity index (χ2n) is 9.29. The van der Waals surface area contributed by atoms with Gasteiger partial charge in [-0.2, -0.15) is 0 Å². The zero-order valence-electron chi connectivity index (χ0n) is 16.7. The molecule has 4 fully saturated rings. The van der Waals surface area contributed by atoms with Gasteiger partial charge in [-0.05, 0) is 86.0 Å². The van der Waals surface area contributed by atoms with Crippen molar-refractivity contribution in [1.29, 1.82) is 0 Å². The van der Waals surface area contributed by atoms with Crippen LogP contribution in [0.5, 0.6) is 5.75 Å². The fourth-order valence-corrected chi connectivity index (χ4v) is 6.92. The Labute approximate surface area is 177 Å². The van der Waals surface area contributed by atoms with Gasteiger partial charge in [0.05, 0.1) is 7.11 Å². The van der Waals surface area contributed by atoms with Gasteiger partial charge in [0.2, 0.25) is 5.12 Å². The van der Waals surface area contributed by atoms with Crippen LogP contribution in [0.25, 0.3) is 0 Å². The largest absolute Gasteiger partial charge is 0.496 e. The predicted molar refractivity (Wildman–Crippen MR) is 116 cm³/mol. The van der Waals surface area contributed by atoms with Crippen LogP contribution in [0.1, 0.15) is 70.4 Å². The number of methoxy groups -OCH3 is 1. The highest BCUT2D eigenvalue weighted by Crippen LogP contribution is 2.61. The van der Waals surface area contributed by atoms with E-state index < -0.39 is 0 Å². The van der Waals surface area contributed by atoms with Gasteiger partial charge in [-0.1, -0.05) is 18.2 Å².